The zero-order valence-electron chi connectivity index (χ0n) is 12.0. The molecule has 4 aromatic rings. The predicted molar refractivity (Wildman–Crippen MR) is 85.2 cm³/mol. The van der Waals surface area contributed by atoms with Gasteiger partial charge in [0.25, 0.3) is 0 Å². The fourth-order valence-corrected chi connectivity index (χ4v) is 2.55. The Hall–Kier alpha value is -3.08. The number of fused-ring (bicyclic) bond motifs is 1. The van der Waals surface area contributed by atoms with E-state index in [0.29, 0.717) is 0 Å². The van der Waals surface area contributed by atoms with Gasteiger partial charge in [-0.05, 0) is 42.0 Å². The molecule has 0 aliphatic carbocycles. The molecule has 0 saturated heterocycles. The Morgan fingerprint density at radius 1 is 1.05 bits per heavy atom. The molecule has 0 unspecified atom stereocenters. The van der Waals surface area contributed by atoms with E-state index < -0.39 is 0 Å². The molecule has 5 nitrogen and oxygen atoms in total. The minimum Gasteiger partial charge on any atom is -0.497 e. The van der Waals surface area contributed by atoms with Gasteiger partial charge in [-0.15, -0.1) is 0 Å². The van der Waals surface area contributed by atoms with Crippen molar-refractivity contribution in [3.05, 3.63) is 61.2 Å². The maximum Gasteiger partial charge on any atom is 0.119 e. The molecule has 0 aliphatic heterocycles. The van der Waals surface area contributed by atoms with E-state index in [1.54, 1.807) is 7.11 Å². The molecule has 0 radical (unpaired) electrons. The first-order valence-corrected chi connectivity index (χ1v) is 6.96. The Balaban J connectivity index is 1.79. The van der Waals surface area contributed by atoms with Crippen molar-refractivity contribution >= 4 is 11.0 Å². The summed E-state index contributed by atoms with van der Waals surface area (Å²) in [7, 11) is 1.67. The van der Waals surface area contributed by atoms with Crippen molar-refractivity contribution in [2.75, 3.05) is 7.11 Å². The van der Waals surface area contributed by atoms with Crippen molar-refractivity contribution in [2.24, 2.45) is 0 Å². The smallest absolute Gasteiger partial charge is 0.119 e. The highest BCUT2D eigenvalue weighted by Gasteiger charge is 2.07. The third-order valence-corrected chi connectivity index (χ3v) is 3.73. The van der Waals surface area contributed by atoms with E-state index in [-0.39, 0.29) is 0 Å². The maximum atomic E-state index is 5.20. The maximum absolute atomic E-state index is 5.20. The average molecular weight is 290 g/mol. The number of hydrogen-bond acceptors (Lipinski definition) is 3. The Bertz CT molecular complexity index is 908. The van der Waals surface area contributed by atoms with Gasteiger partial charge in [0.15, 0.2) is 0 Å². The van der Waals surface area contributed by atoms with Crippen LogP contribution in [0.3, 0.4) is 0 Å². The zero-order chi connectivity index (χ0) is 14.9. The number of hydrogen-bond donors (Lipinski definition) is 1. The summed E-state index contributed by atoms with van der Waals surface area (Å²) < 4.78 is 7.26. The SMILES string of the molecule is COc1ccc(-n2cnc3cc(-c4cn[nH]c4)ccc32)cc1. The molecule has 0 aliphatic rings. The highest BCUT2D eigenvalue weighted by molar-refractivity contribution is 5.83. The first kappa shape index (κ1) is 12.6. The lowest BCUT2D eigenvalue weighted by Crippen LogP contribution is -1.92. The molecule has 2 aromatic carbocycles. The molecule has 4 rings (SSSR count). The van der Waals surface area contributed by atoms with Crippen molar-refractivity contribution < 1.29 is 4.74 Å². The number of aromatic amines is 1. The van der Waals surface area contributed by atoms with E-state index in [9.17, 15) is 0 Å². The van der Waals surface area contributed by atoms with Crippen LogP contribution in [0.25, 0.3) is 27.8 Å². The van der Waals surface area contributed by atoms with Crippen LogP contribution in [0.5, 0.6) is 5.75 Å². The van der Waals surface area contributed by atoms with Crippen molar-refractivity contribution in [2.45, 2.75) is 0 Å². The Morgan fingerprint density at radius 3 is 2.64 bits per heavy atom. The molecular weight excluding hydrogens is 276 g/mol. The molecule has 108 valence electrons. The highest BCUT2D eigenvalue weighted by atomic mass is 16.5. The minimum atomic E-state index is 0.843. The molecule has 0 fully saturated rings. The zero-order valence-corrected chi connectivity index (χ0v) is 12.0. The summed E-state index contributed by atoms with van der Waals surface area (Å²) in [6.45, 7) is 0. The van der Waals surface area contributed by atoms with Crippen LogP contribution in [-0.2, 0) is 0 Å². The van der Waals surface area contributed by atoms with E-state index in [1.165, 1.54) is 0 Å². The number of aromatic nitrogens is 4. The standard InChI is InChI=1S/C17H14N4O/c1-22-15-5-3-14(4-6-15)21-11-18-16-8-12(2-7-17(16)21)13-9-19-20-10-13/h2-11H,1H3,(H,19,20). The third kappa shape index (κ3) is 2.03. The van der Waals surface area contributed by atoms with Gasteiger partial charge in [-0.3, -0.25) is 9.67 Å². The summed E-state index contributed by atoms with van der Waals surface area (Å²) in [6, 6.07) is 14.2. The van der Waals surface area contributed by atoms with Gasteiger partial charge in [0.1, 0.15) is 12.1 Å². The van der Waals surface area contributed by atoms with Gasteiger partial charge in [0.2, 0.25) is 0 Å². The lowest BCUT2D eigenvalue weighted by Gasteiger charge is -2.06. The summed E-state index contributed by atoms with van der Waals surface area (Å²) >= 11 is 0. The normalized spacial score (nSPS) is 11.0. The summed E-state index contributed by atoms with van der Waals surface area (Å²) in [4.78, 5) is 4.51. The van der Waals surface area contributed by atoms with Gasteiger partial charge >= 0.3 is 0 Å². The van der Waals surface area contributed by atoms with Gasteiger partial charge in [-0.2, -0.15) is 5.10 Å². The molecule has 22 heavy (non-hydrogen) atoms. The molecular formula is C17H14N4O. The van der Waals surface area contributed by atoms with Gasteiger partial charge in [0.05, 0.1) is 24.3 Å². The van der Waals surface area contributed by atoms with Crippen LogP contribution in [0.15, 0.2) is 61.2 Å². The Morgan fingerprint density at radius 2 is 1.91 bits per heavy atom. The fraction of sp³-hybridized carbons (Fsp3) is 0.0588. The largest absolute Gasteiger partial charge is 0.497 e. The van der Waals surface area contributed by atoms with Crippen LogP contribution in [0.2, 0.25) is 0 Å². The number of nitrogens with zero attached hydrogens (tertiary/aromatic N) is 3. The number of benzene rings is 2. The Labute approximate surface area is 127 Å². The molecule has 5 heteroatoms. The number of rotatable bonds is 3. The third-order valence-electron chi connectivity index (χ3n) is 3.73. The van der Waals surface area contributed by atoms with Crippen LogP contribution in [0, 0.1) is 0 Å². The summed E-state index contributed by atoms with van der Waals surface area (Å²) in [6.07, 6.45) is 5.52. The lowest BCUT2D eigenvalue weighted by molar-refractivity contribution is 0.415. The summed E-state index contributed by atoms with van der Waals surface area (Å²) in [5.74, 6) is 0.843. The van der Waals surface area contributed by atoms with E-state index in [1.807, 2.05) is 43.0 Å². The number of methoxy groups -OCH3 is 1. The van der Waals surface area contributed by atoms with Crippen molar-refractivity contribution in [1.82, 2.24) is 19.7 Å². The lowest BCUT2D eigenvalue weighted by atomic mass is 10.1. The second kappa shape index (κ2) is 5.04. The van der Waals surface area contributed by atoms with Gasteiger partial charge in [-0.1, -0.05) is 6.07 Å². The van der Waals surface area contributed by atoms with Crippen LogP contribution in [0.1, 0.15) is 0 Å². The van der Waals surface area contributed by atoms with Gasteiger partial charge in [-0.25, -0.2) is 4.98 Å². The summed E-state index contributed by atoms with van der Waals surface area (Å²) in [5, 5.41) is 6.82. The van der Waals surface area contributed by atoms with Gasteiger partial charge in [0, 0.05) is 17.4 Å². The first-order valence-electron chi connectivity index (χ1n) is 6.96. The topological polar surface area (TPSA) is 55.7 Å². The van der Waals surface area contributed by atoms with Crippen molar-refractivity contribution in [3.63, 3.8) is 0 Å². The van der Waals surface area contributed by atoms with Crippen LogP contribution in [-0.4, -0.2) is 26.9 Å². The number of imidazole rings is 1. The van der Waals surface area contributed by atoms with Crippen LogP contribution < -0.4 is 4.74 Å². The molecule has 0 amide bonds. The molecule has 0 atom stereocenters. The summed E-state index contributed by atoms with van der Waals surface area (Å²) in [5.41, 5.74) is 5.23. The molecule has 0 saturated carbocycles. The molecule has 2 aromatic heterocycles. The monoisotopic (exact) mass is 290 g/mol. The van der Waals surface area contributed by atoms with E-state index in [4.69, 9.17) is 4.74 Å². The highest BCUT2D eigenvalue weighted by Crippen LogP contribution is 2.25. The quantitative estimate of drug-likeness (QED) is 0.629. The van der Waals surface area contributed by atoms with Crippen LogP contribution in [0.4, 0.5) is 0 Å². The average Bonchev–Trinajstić information content (AvgIpc) is 3.24. The predicted octanol–water partition coefficient (Wildman–Crippen LogP) is 3.42. The number of H-pyrrole nitrogens is 1. The van der Waals surface area contributed by atoms with Gasteiger partial charge < -0.3 is 4.74 Å². The minimum absolute atomic E-state index is 0.843. The van der Waals surface area contributed by atoms with Crippen molar-refractivity contribution in [1.29, 1.82) is 0 Å². The fourth-order valence-electron chi connectivity index (χ4n) is 2.55. The first-order chi connectivity index (χ1) is 10.8. The number of ether oxygens (including phenoxy) is 1. The molecule has 2 heterocycles. The van der Waals surface area contributed by atoms with E-state index in [2.05, 4.69) is 37.9 Å². The number of nitrogens with one attached hydrogen (secondary N) is 1. The molecule has 1 N–H and O–H groups in total. The van der Waals surface area contributed by atoms with Crippen LogP contribution >= 0.6 is 0 Å². The molecule has 0 bridgehead atoms. The Kier molecular flexibility index (Phi) is 2.89. The second-order valence-electron chi connectivity index (χ2n) is 5.00. The van der Waals surface area contributed by atoms with Crippen molar-refractivity contribution in [3.8, 4) is 22.6 Å². The molecule has 0 spiro atoms. The van der Waals surface area contributed by atoms with E-state index in [0.717, 1.165) is 33.6 Å². The van der Waals surface area contributed by atoms with E-state index >= 15 is 0 Å². The second-order valence-corrected chi connectivity index (χ2v) is 5.00.